The quantitative estimate of drug-likeness (QED) is 0.531. The van der Waals surface area contributed by atoms with Crippen molar-refractivity contribution >= 4 is 17.7 Å². The molecule has 0 heterocycles. The average Bonchev–Trinajstić information content (AvgIpc) is 2.84. The Hall–Kier alpha value is -4.13. The largest absolute Gasteiger partial charge is 0.497 e. The first-order chi connectivity index (χ1) is 15.5. The minimum atomic E-state index is -0.582. The van der Waals surface area contributed by atoms with Crippen LogP contribution in [0.4, 0.5) is 4.79 Å². The Morgan fingerprint density at radius 2 is 1.16 bits per heavy atom. The monoisotopic (exact) mass is 432 g/mol. The summed E-state index contributed by atoms with van der Waals surface area (Å²) in [6.45, 7) is 0.376. The van der Waals surface area contributed by atoms with E-state index < -0.39 is 11.9 Å². The number of methoxy groups -OCH3 is 2. The van der Waals surface area contributed by atoms with Crippen LogP contribution in [0.25, 0.3) is 0 Å². The van der Waals surface area contributed by atoms with Gasteiger partial charge in [-0.3, -0.25) is 14.9 Å². The number of rotatable bonds is 8. The van der Waals surface area contributed by atoms with E-state index in [4.69, 9.17) is 9.47 Å². The summed E-state index contributed by atoms with van der Waals surface area (Å²) in [4.78, 5) is 36.9. The van der Waals surface area contributed by atoms with Gasteiger partial charge in [0.15, 0.2) is 5.78 Å². The molecule has 2 N–H and O–H groups in total. The van der Waals surface area contributed by atoms with Gasteiger partial charge in [-0.05, 0) is 60.5 Å². The highest BCUT2D eigenvalue weighted by atomic mass is 16.5. The van der Waals surface area contributed by atoms with Crippen molar-refractivity contribution in [1.82, 2.24) is 10.6 Å². The summed E-state index contributed by atoms with van der Waals surface area (Å²) in [7, 11) is 3.16. The van der Waals surface area contributed by atoms with Gasteiger partial charge in [-0.2, -0.15) is 0 Å². The van der Waals surface area contributed by atoms with E-state index in [1.807, 2.05) is 24.3 Å². The van der Waals surface area contributed by atoms with Gasteiger partial charge in [0.1, 0.15) is 11.5 Å². The van der Waals surface area contributed by atoms with Crippen LogP contribution in [0.1, 0.15) is 31.8 Å². The third-order valence-electron chi connectivity index (χ3n) is 4.85. The molecule has 3 amide bonds. The molecule has 0 aliphatic rings. The van der Waals surface area contributed by atoms with E-state index in [1.54, 1.807) is 50.6 Å². The lowest BCUT2D eigenvalue weighted by Gasteiger charge is -2.08. The van der Waals surface area contributed by atoms with Crippen molar-refractivity contribution in [2.24, 2.45) is 0 Å². The van der Waals surface area contributed by atoms with E-state index in [0.717, 1.165) is 11.3 Å². The standard InChI is InChI=1S/C25H24N2O5/c1-31-21-11-3-17(4-12-21)15-16-26-25(30)27-24(29)20-7-5-18(6-8-20)23(28)19-9-13-22(32-2)14-10-19/h3-14H,15-16H2,1-2H3,(H2,26,27,29,30). The van der Waals surface area contributed by atoms with Crippen LogP contribution in [0.3, 0.4) is 0 Å². The Bertz CT molecular complexity index is 1070. The lowest BCUT2D eigenvalue weighted by atomic mass is 10.0. The zero-order valence-corrected chi connectivity index (χ0v) is 17.9. The number of urea groups is 1. The number of hydrogen-bond acceptors (Lipinski definition) is 5. The highest BCUT2D eigenvalue weighted by Crippen LogP contribution is 2.16. The number of ether oxygens (including phenoxy) is 2. The molecule has 0 fully saturated rings. The number of nitrogens with one attached hydrogen (secondary N) is 2. The normalized spacial score (nSPS) is 10.2. The molecule has 0 saturated heterocycles. The van der Waals surface area contributed by atoms with Crippen LogP contribution in [0.2, 0.25) is 0 Å². The molecule has 7 nitrogen and oxygen atoms in total. The lowest BCUT2D eigenvalue weighted by molar-refractivity contribution is 0.0962. The fraction of sp³-hybridized carbons (Fsp3) is 0.160. The first kappa shape index (κ1) is 22.6. The van der Waals surface area contributed by atoms with Crippen LogP contribution in [-0.2, 0) is 6.42 Å². The van der Waals surface area contributed by atoms with Crippen LogP contribution in [0, 0.1) is 0 Å². The van der Waals surface area contributed by atoms with Crippen LogP contribution < -0.4 is 20.1 Å². The summed E-state index contributed by atoms with van der Waals surface area (Å²) in [6, 6.07) is 19.9. The molecular formula is C25H24N2O5. The third kappa shape index (κ3) is 5.95. The van der Waals surface area contributed by atoms with Gasteiger partial charge in [0.2, 0.25) is 0 Å². The van der Waals surface area contributed by atoms with Gasteiger partial charge in [-0.15, -0.1) is 0 Å². The summed E-state index contributed by atoms with van der Waals surface area (Å²) in [5.74, 6) is 0.712. The molecule has 32 heavy (non-hydrogen) atoms. The van der Waals surface area contributed by atoms with E-state index in [-0.39, 0.29) is 11.3 Å². The van der Waals surface area contributed by atoms with Crippen LogP contribution >= 0.6 is 0 Å². The molecule has 164 valence electrons. The Kier molecular flexibility index (Phi) is 7.59. The molecule has 0 aliphatic heterocycles. The topological polar surface area (TPSA) is 93.7 Å². The van der Waals surface area contributed by atoms with E-state index in [0.29, 0.717) is 29.8 Å². The second-order valence-corrected chi connectivity index (χ2v) is 6.94. The molecule has 3 aromatic rings. The Balaban J connectivity index is 1.49. The number of amides is 3. The van der Waals surface area contributed by atoms with Crippen molar-refractivity contribution in [3.8, 4) is 11.5 Å². The molecule has 0 aliphatic carbocycles. The zero-order chi connectivity index (χ0) is 22.9. The molecule has 0 saturated carbocycles. The minimum absolute atomic E-state index is 0.170. The molecule has 3 rings (SSSR count). The number of hydrogen-bond donors (Lipinski definition) is 2. The first-order valence-electron chi connectivity index (χ1n) is 10.0. The number of carbonyl (C=O) groups excluding carboxylic acids is 3. The van der Waals surface area contributed by atoms with Crippen LogP contribution in [-0.4, -0.2) is 38.5 Å². The first-order valence-corrected chi connectivity index (χ1v) is 10.0. The molecule has 0 radical (unpaired) electrons. The number of ketones is 1. The van der Waals surface area contributed by atoms with Gasteiger partial charge >= 0.3 is 6.03 Å². The van der Waals surface area contributed by atoms with Gasteiger partial charge in [-0.1, -0.05) is 24.3 Å². The van der Waals surface area contributed by atoms with Crippen molar-refractivity contribution in [3.05, 3.63) is 95.1 Å². The van der Waals surface area contributed by atoms with Crippen LogP contribution in [0.15, 0.2) is 72.8 Å². The van der Waals surface area contributed by atoms with Crippen molar-refractivity contribution in [1.29, 1.82) is 0 Å². The van der Waals surface area contributed by atoms with Crippen LogP contribution in [0.5, 0.6) is 11.5 Å². The Labute approximate surface area is 186 Å². The fourth-order valence-electron chi connectivity index (χ4n) is 3.01. The Morgan fingerprint density at radius 3 is 1.69 bits per heavy atom. The van der Waals surface area contributed by atoms with Gasteiger partial charge in [0, 0.05) is 23.2 Å². The van der Waals surface area contributed by atoms with Gasteiger partial charge in [0.05, 0.1) is 14.2 Å². The number of imide groups is 1. The molecule has 3 aromatic carbocycles. The van der Waals surface area contributed by atoms with Crippen molar-refractivity contribution in [3.63, 3.8) is 0 Å². The predicted molar refractivity (Wildman–Crippen MR) is 120 cm³/mol. The SMILES string of the molecule is COc1ccc(CCNC(=O)NC(=O)c2ccc(C(=O)c3ccc(OC)cc3)cc2)cc1. The highest BCUT2D eigenvalue weighted by molar-refractivity contribution is 6.10. The summed E-state index contributed by atoms with van der Waals surface area (Å²) in [6.07, 6.45) is 0.619. The molecule has 0 unspecified atom stereocenters. The lowest BCUT2D eigenvalue weighted by Crippen LogP contribution is -2.40. The molecule has 7 heteroatoms. The zero-order valence-electron chi connectivity index (χ0n) is 17.9. The van der Waals surface area contributed by atoms with Gasteiger partial charge in [0.25, 0.3) is 5.91 Å². The maximum Gasteiger partial charge on any atom is 0.321 e. The minimum Gasteiger partial charge on any atom is -0.497 e. The van der Waals surface area contributed by atoms with Crippen molar-refractivity contribution in [2.75, 3.05) is 20.8 Å². The third-order valence-corrected chi connectivity index (χ3v) is 4.85. The Morgan fingerprint density at radius 1 is 0.688 bits per heavy atom. The summed E-state index contributed by atoms with van der Waals surface area (Å²) < 4.78 is 10.2. The maximum atomic E-state index is 12.6. The van der Waals surface area contributed by atoms with E-state index in [2.05, 4.69) is 10.6 Å². The summed E-state index contributed by atoms with van der Waals surface area (Å²) in [5, 5.41) is 4.94. The highest BCUT2D eigenvalue weighted by Gasteiger charge is 2.13. The number of benzene rings is 3. The smallest absolute Gasteiger partial charge is 0.321 e. The maximum absolute atomic E-state index is 12.6. The second-order valence-electron chi connectivity index (χ2n) is 6.94. The van der Waals surface area contributed by atoms with E-state index >= 15 is 0 Å². The fourth-order valence-corrected chi connectivity index (χ4v) is 3.01. The molecular weight excluding hydrogens is 408 g/mol. The van der Waals surface area contributed by atoms with Gasteiger partial charge in [-0.25, -0.2) is 4.79 Å². The average molecular weight is 432 g/mol. The molecule has 0 atom stereocenters. The second kappa shape index (κ2) is 10.8. The number of carbonyl (C=O) groups is 3. The van der Waals surface area contributed by atoms with E-state index in [1.165, 1.54) is 12.1 Å². The predicted octanol–water partition coefficient (Wildman–Crippen LogP) is 3.62. The van der Waals surface area contributed by atoms with Gasteiger partial charge < -0.3 is 14.8 Å². The molecule has 0 aromatic heterocycles. The van der Waals surface area contributed by atoms with Crippen molar-refractivity contribution in [2.45, 2.75) is 6.42 Å². The summed E-state index contributed by atoms with van der Waals surface area (Å²) in [5.41, 5.74) is 2.27. The van der Waals surface area contributed by atoms with E-state index in [9.17, 15) is 14.4 Å². The summed E-state index contributed by atoms with van der Waals surface area (Å²) >= 11 is 0. The molecule has 0 bridgehead atoms. The molecule has 0 spiro atoms. The van der Waals surface area contributed by atoms with Crippen molar-refractivity contribution < 1.29 is 23.9 Å².